The molecule has 42 heavy (non-hydrogen) atoms. The van der Waals surface area contributed by atoms with Crippen LogP contribution in [0.2, 0.25) is 0 Å². The number of hydrogen-bond acceptors (Lipinski definition) is 7. The maximum Gasteiger partial charge on any atom is 0.165 e. The minimum Gasteiger partial charge on any atom is -0.504 e. The number of phenolic OH excluding ortho intramolecular Hbond substituents is 1. The first-order chi connectivity index (χ1) is 20.3. The lowest BCUT2D eigenvalue weighted by Crippen LogP contribution is -2.27. The monoisotopic (exact) mass is 572 g/mol. The van der Waals surface area contributed by atoms with Crippen molar-refractivity contribution < 1.29 is 24.9 Å². The minimum atomic E-state index is -0.837. The normalized spacial score (nSPS) is 15.8. The average molecular weight is 573 g/mol. The number of carbonyl (C=O) groups excluding carboxylic acids is 1. The quantitative estimate of drug-likeness (QED) is 0.129. The zero-order valence-electron chi connectivity index (χ0n) is 23.9. The Morgan fingerprint density at radius 2 is 2.00 bits per heavy atom. The first-order valence-electron chi connectivity index (χ1n) is 14.6. The Labute approximate surface area is 245 Å². The molecular weight excluding hydrogens is 532 g/mol. The van der Waals surface area contributed by atoms with Crippen LogP contribution in [-0.4, -0.2) is 42.9 Å². The molecule has 9 nitrogen and oxygen atoms in total. The summed E-state index contributed by atoms with van der Waals surface area (Å²) in [6.07, 6.45) is 11.5. The third kappa shape index (κ3) is 7.05. The second kappa shape index (κ2) is 13.3. The molecule has 1 aliphatic heterocycles. The number of aromatic hydroxyl groups is 1. The lowest BCUT2D eigenvalue weighted by atomic mass is 9.93. The highest BCUT2D eigenvalue weighted by Gasteiger charge is 2.18. The number of Topliss-reactive ketones (excluding diaryl/α,β-unsaturated/α-hetero) is 1. The number of fused-ring (bicyclic) bond motifs is 2. The van der Waals surface area contributed by atoms with Crippen LogP contribution in [0.4, 0.5) is 0 Å². The maximum absolute atomic E-state index is 12.4. The highest BCUT2D eigenvalue weighted by molar-refractivity contribution is 5.83. The Balaban J connectivity index is 1.19. The van der Waals surface area contributed by atoms with Crippen LogP contribution in [0.3, 0.4) is 0 Å². The van der Waals surface area contributed by atoms with Crippen LogP contribution in [0.25, 0.3) is 17.0 Å². The van der Waals surface area contributed by atoms with E-state index >= 15 is 0 Å². The topological polar surface area (TPSA) is 146 Å². The van der Waals surface area contributed by atoms with Crippen LogP contribution < -0.4 is 15.8 Å². The molecule has 0 saturated carbocycles. The van der Waals surface area contributed by atoms with Crippen molar-refractivity contribution in [1.29, 1.82) is 0 Å². The number of aryl methyl sites for hydroxylation is 1. The molecule has 9 heteroatoms. The van der Waals surface area contributed by atoms with Crippen LogP contribution in [0, 0.1) is 0 Å². The first kappa shape index (κ1) is 29.4. The number of rotatable bonds is 14. The van der Waals surface area contributed by atoms with Crippen LogP contribution in [0.1, 0.15) is 73.0 Å². The van der Waals surface area contributed by atoms with Crippen LogP contribution in [0.5, 0.6) is 11.5 Å². The molecule has 0 spiro atoms. The SMILES string of the molecule is CCC[C@H](O)C[C@@H](O)CC(=O)CCc1ccc(O)c(OCn2cc3[nH]cc(Cc4cccc5c4C=CN[C@@H]5N)c3c2)c1. The number of nitrogens with zero attached hydrogens (tertiary/aromatic N) is 1. The Morgan fingerprint density at radius 1 is 1.14 bits per heavy atom. The van der Waals surface area contributed by atoms with E-state index in [-0.39, 0.29) is 43.7 Å². The zero-order valence-corrected chi connectivity index (χ0v) is 23.9. The van der Waals surface area contributed by atoms with Gasteiger partial charge in [-0.1, -0.05) is 37.6 Å². The van der Waals surface area contributed by atoms with Crippen molar-refractivity contribution in [3.63, 3.8) is 0 Å². The predicted molar refractivity (Wildman–Crippen MR) is 163 cm³/mol. The number of H-pyrrole nitrogens is 1. The lowest BCUT2D eigenvalue weighted by molar-refractivity contribution is -0.121. The van der Waals surface area contributed by atoms with Gasteiger partial charge in [-0.2, -0.15) is 0 Å². The van der Waals surface area contributed by atoms with Gasteiger partial charge in [-0.25, -0.2) is 0 Å². The fraction of sp³-hybridized carbons (Fsp3) is 0.364. The smallest absolute Gasteiger partial charge is 0.165 e. The molecule has 5 rings (SSSR count). The van der Waals surface area contributed by atoms with Crippen molar-refractivity contribution in [3.05, 3.63) is 89.0 Å². The molecule has 0 amide bonds. The van der Waals surface area contributed by atoms with Gasteiger partial charge in [0, 0.05) is 43.2 Å². The van der Waals surface area contributed by atoms with Crippen molar-refractivity contribution in [2.45, 2.75) is 77.0 Å². The van der Waals surface area contributed by atoms with Gasteiger partial charge in [0.2, 0.25) is 0 Å². The highest BCUT2D eigenvalue weighted by atomic mass is 16.5. The molecule has 0 unspecified atom stereocenters. The number of hydrogen-bond donors (Lipinski definition) is 6. The number of aliphatic hydroxyl groups excluding tert-OH is 2. The summed E-state index contributed by atoms with van der Waals surface area (Å²) in [7, 11) is 0. The zero-order chi connectivity index (χ0) is 29.6. The first-order valence-corrected chi connectivity index (χ1v) is 14.6. The van der Waals surface area contributed by atoms with Crippen LogP contribution >= 0.6 is 0 Å². The van der Waals surface area contributed by atoms with E-state index in [1.54, 1.807) is 18.2 Å². The Bertz CT molecular complexity index is 1560. The van der Waals surface area contributed by atoms with Crippen LogP contribution in [-0.2, 0) is 24.4 Å². The summed E-state index contributed by atoms with van der Waals surface area (Å²) >= 11 is 0. The van der Waals surface area contributed by atoms with Gasteiger partial charge in [-0.05, 0) is 71.5 Å². The molecule has 2 aromatic carbocycles. The van der Waals surface area contributed by atoms with Crippen molar-refractivity contribution in [3.8, 4) is 11.5 Å². The second-order valence-corrected chi connectivity index (χ2v) is 11.1. The molecule has 3 atom stereocenters. The highest BCUT2D eigenvalue weighted by Crippen LogP contribution is 2.30. The Morgan fingerprint density at radius 3 is 2.83 bits per heavy atom. The number of ether oxygens (including phenoxy) is 1. The Kier molecular flexibility index (Phi) is 9.31. The molecule has 0 fully saturated rings. The maximum atomic E-state index is 12.4. The largest absolute Gasteiger partial charge is 0.504 e. The molecule has 0 saturated heterocycles. The molecule has 2 aromatic heterocycles. The fourth-order valence-corrected chi connectivity index (χ4v) is 5.60. The fourth-order valence-electron chi connectivity index (χ4n) is 5.60. The molecular formula is C33H40N4O5. The van der Waals surface area contributed by atoms with Crippen LogP contribution in [0.15, 0.2) is 61.2 Å². The van der Waals surface area contributed by atoms with Gasteiger partial charge in [-0.15, -0.1) is 0 Å². The Hall–Kier alpha value is -4.05. The predicted octanol–water partition coefficient (Wildman–Crippen LogP) is 4.64. The number of nitrogens with two attached hydrogens (primary N) is 1. The van der Waals surface area contributed by atoms with Crippen molar-refractivity contribution in [2.24, 2.45) is 5.73 Å². The van der Waals surface area contributed by atoms with Gasteiger partial charge < -0.3 is 40.7 Å². The number of ketones is 1. The minimum absolute atomic E-state index is 0.0263. The number of carbonyl (C=O) groups is 1. The molecule has 1 aliphatic rings. The summed E-state index contributed by atoms with van der Waals surface area (Å²) < 4.78 is 7.89. The summed E-state index contributed by atoms with van der Waals surface area (Å²) in [5.74, 6) is 0.304. The van der Waals surface area contributed by atoms with E-state index in [2.05, 4.69) is 28.5 Å². The van der Waals surface area contributed by atoms with Crippen molar-refractivity contribution in [1.82, 2.24) is 14.9 Å². The number of aromatic amines is 1. The van der Waals surface area contributed by atoms with E-state index < -0.39 is 12.2 Å². The van der Waals surface area contributed by atoms with Crippen molar-refractivity contribution >= 4 is 22.8 Å². The van der Waals surface area contributed by atoms with Gasteiger partial charge in [0.15, 0.2) is 18.2 Å². The average Bonchev–Trinajstić information content (AvgIpc) is 3.53. The third-order valence-electron chi connectivity index (χ3n) is 7.81. The standard InChI is InChI=1S/C33H40N4O5/c1-2-4-24(38)15-26(40)16-25(39)9-7-21-8-10-31(41)32(13-21)42-20-37-18-29-23(17-36-30(29)19-37)14-22-5-3-6-28-27(22)11-12-35-33(28)34/h3,5-6,8,10-13,17-19,24,26,33,35-36,38,40-41H,2,4,7,9,14-16,20,34H2,1H3/t24-,26+,33-/m0/s1. The molecule has 0 aliphatic carbocycles. The van der Waals surface area contributed by atoms with Crippen molar-refractivity contribution in [2.75, 3.05) is 0 Å². The molecule has 0 bridgehead atoms. The van der Waals surface area contributed by atoms with E-state index in [0.29, 0.717) is 18.6 Å². The summed E-state index contributed by atoms with van der Waals surface area (Å²) in [6, 6.07) is 11.3. The number of benzene rings is 2. The molecule has 222 valence electrons. The summed E-state index contributed by atoms with van der Waals surface area (Å²) in [5, 5.41) is 34.6. The second-order valence-electron chi connectivity index (χ2n) is 11.1. The van der Waals surface area contributed by atoms with E-state index in [1.165, 1.54) is 5.56 Å². The van der Waals surface area contributed by atoms with Gasteiger partial charge in [0.05, 0.1) is 17.7 Å². The molecule has 3 heterocycles. The van der Waals surface area contributed by atoms with Gasteiger partial charge in [-0.3, -0.25) is 4.79 Å². The molecule has 4 aromatic rings. The number of phenols is 1. The molecule has 7 N–H and O–H groups in total. The summed E-state index contributed by atoms with van der Waals surface area (Å²) in [5.41, 5.74) is 12.7. The third-order valence-corrected chi connectivity index (χ3v) is 7.81. The summed E-state index contributed by atoms with van der Waals surface area (Å²) in [4.78, 5) is 15.7. The van der Waals surface area contributed by atoms with E-state index in [4.69, 9.17) is 10.5 Å². The van der Waals surface area contributed by atoms with E-state index in [9.17, 15) is 20.1 Å². The van der Waals surface area contributed by atoms with Gasteiger partial charge >= 0.3 is 0 Å². The van der Waals surface area contributed by atoms with Gasteiger partial charge in [0.1, 0.15) is 11.9 Å². The number of nitrogens with one attached hydrogen (secondary N) is 2. The lowest BCUT2D eigenvalue weighted by Gasteiger charge is -2.22. The van der Waals surface area contributed by atoms with E-state index in [0.717, 1.165) is 46.0 Å². The molecule has 0 radical (unpaired) electrons. The van der Waals surface area contributed by atoms with E-state index in [1.807, 2.05) is 42.3 Å². The van der Waals surface area contributed by atoms with Gasteiger partial charge in [0.25, 0.3) is 0 Å². The number of aliphatic hydroxyl groups is 2. The summed E-state index contributed by atoms with van der Waals surface area (Å²) in [6.45, 7) is 2.17. The number of aromatic nitrogens is 2.